The van der Waals surface area contributed by atoms with Crippen molar-refractivity contribution in [2.24, 2.45) is 0 Å². The molecular weight excluding hydrogens is 324 g/mol. The van der Waals surface area contributed by atoms with Crippen LogP contribution in [0.3, 0.4) is 0 Å². The van der Waals surface area contributed by atoms with E-state index in [1.807, 2.05) is 31.2 Å². The lowest BCUT2D eigenvalue weighted by Crippen LogP contribution is -2.10. The van der Waals surface area contributed by atoms with E-state index in [2.05, 4.69) is 0 Å². The first kappa shape index (κ1) is 15.5. The van der Waals surface area contributed by atoms with Crippen molar-refractivity contribution >= 4 is 16.9 Å². The first-order valence-electron chi connectivity index (χ1n) is 7.96. The van der Waals surface area contributed by atoms with Gasteiger partial charge in [-0.15, -0.1) is 0 Å². The summed E-state index contributed by atoms with van der Waals surface area (Å²) in [5.41, 5.74) is 1.30. The summed E-state index contributed by atoms with van der Waals surface area (Å²) in [6.45, 7) is 2.87. The first-order valence-corrected chi connectivity index (χ1v) is 7.96. The molecule has 0 saturated heterocycles. The van der Waals surface area contributed by atoms with Gasteiger partial charge in [0.15, 0.2) is 11.5 Å². The van der Waals surface area contributed by atoms with Crippen LogP contribution in [0.2, 0.25) is 0 Å². The number of furan rings is 1. The molecule has 3 aromatic rings. The Morgan fingerprint density at radius 3 is 2.84 bits per heavy atom. The predicted octanol–water partition coefficient (Wildman–Crippen LogP) is 3.92. The molecule has 2 heterocycles. The topological polar surface area (TPSA) is 67.1 Å². The van der Waals surface area contributed by atoms with Gasteiger partial charge in [0.2, 0.25) is 12.6 Å². The molecule has 0 amide bonds. The molecule has 1 aliphatic rings. The summed E-state index contributed by atoms with van der Waals surface area (Å²) in [6.07, 6.45) is 0. The van der Waals surface area contributed by atoms with Crippen molar-refractivity contribution in [1.82, 2.24) is 0 Å². The number of ether oxygens (including phenoxy) is 4. The Morgan fingerprint density at radius 1 is 1.12 bits per heavy atom. The van der Waals surface area contributed by atoms with Gasteiger partial charge in [-0.05, 0) is 25.1 Å². The quantitative estimate of drug-likeness (QED) is 0.518. The monoisotopic (exact) mass is 340 g/mol. The van der Waals surface area contributed by atoms with E-state index in [0.29, 0.717) is 35.0 Å². The number of esters is 1. The standard InChI is InChI=1S/C19H16O6/c1-2-21-10-14-13-5-3-4-6-15(13)25-18(14)19(20)24-12-7-8-16-17(9-12)23-11-22-16/h3-9H,2,10-11H2,1H3. The molecule has 0 bridgehead atoms. The van der Waals surface area contributed by atoms with Gasteiger partial charge in [-0.25, -0.2) is 4.79 Å². The highest BCUT2D eigenvalue weighted by atomic mass is 16.7. The second-order valence-electron chi connectivity index (χ2n) is 5.45. The molecule has 128 valence electrons. The van der Waals surface area contributed by atoms with Crippen LogP contribution in [0, 0.1) is 0 Å². The van der Waals surface area contributed by atoms with E-state index in [4.69, 9.17) is 23.4 Å². The zero-order chi connectivity index (χ0) is 17.2. The predicted molar refractivity (Wildman–Crippen MR) is 89.1 cm³/mol. The van der Waals surface area contributed by atoms with Gasteiger partial charge in [0.05, 0.1) is 6.61 Å². The molecule has 1 aliphatic heterocycles. The van der Waals surface area contributed by atoms with Gasteiger partial charge in [-0.1, -0.05) is 18.2 Å². The number of benzene rings is 2. The third kappa shape index (κ3) is 2.92. The summed E-state index contributed by atoms with van der Waals surface area (Å²) in [5, 5.41) is 0.841. The van der Waals surface area contributed by atoms with Gasteiger partial charge < -0.3 is 23.4 Å². The second-order valence-corrected chi connectivity index (χ2v) is 5.45. The summed E-state index contributed by atoms with van der Waals surface area (Å²) in [4.78, 5) is 12.6. The van der Waals surface area contributed by atoms with Crippen molar-refractivity contribution in [2.75, 3.05) is 13.4 Å². The van der Waals surface area contributed by atoms with E-state index >= 15 is 0 Å². The van der Waals surface area contributed by atoms with Crippen molar-refractivity contribution in [3.63, 3.8) is 0 Å². The van der Waals surface area contributed by atoms with Crippen LogP contribution in [-0.4, -0.2) is 19.4 Å². The van der Waals surface area contributed by atoms with Crippen LogP contribution in [0.4, 0.5) is 0 Å². The molecule has 0 radical (unpaired) electrons. The largest absolute Gasteiger partial charge is 0.454 e. The molecule has 0 atom stereocenters. The normalized spacial score (nSPS) is 12.5. The molecule has 25 heavy (non-hydrogen) atoms. The highest BCUT2D eigenvalue weighted by Crippen LogP contribution is 2.35. The molecule has 0 fully saturated rings. The average molecular weight is 340 g/mol. The fourth-order valence-corrected chi connectivity index (χ4v) is 2.70. The Kier molecular flexibility index (Phi) is 4.03. The smallest absolute Gasteiger partial charge is 0.380 e. The Morgan fingerprint density at radius 2 is 1.96 bits per heavy atom. The van der Waals surface area contributed by atoms with Crippen LogP contribution in [0.5, 0.6) is 17.2 Å². The second kappa shape index (κ2) is 6.49. The zero-order valence-corrected chi connectivity index (χ0v) is 13.6. The number of rotatable bonds is 5. The van der Waals surface area contributed by atoms with Gasteiger partial charge in [-0.2, -0.15) is 0 Å². The van der Waals surface area contributed by atoms with E-state index < -0.39 is 5.97 Å². The molecule has 0 aliphatic carbocycles. The van der Waals surface area contributed by atoms with E-state index in [1.165, 1.54) is 0 Å². The van der Waals surface area contributed by atoms with Crippen molar-refractivity contribution < 1.29 is 28.2 Å². The molecule has 2 aromatic carbocycles. The highest BCUT2D eigenvalue weighted by Gasteiger charge is 2.23. The molecule has 6 nitrogen and oxygen atoms in total. The van der Waals surface area contributed by atoms with Crippen LogP contribution in [-0.2, 0) is 11.3 Å². The van der Waals surface area contributed by atoms with Crippen LogP contribution in [0.15, 0.2) is 46.9 Å². The summed E-state index contributed by atoms with van der Waals surface area (Å²) >= 11 is 0. The SMILES string of the molecule is CCOCc1c(C(=O)Oc2ccc3c(c2)OCO3)oc2ccccc12. The molecule has 0 N–H and O–H groups in total. The van der Waals surface area contributed by atoms with Crippen molar-refractivity contribution in [1.29, 1.82) is 0 Å². The van der Waals surface area contributed by atoms with E-state index in [-0.39, 0.29) is 19.2 Å². The number of fused-ring (bicyclic) bond motifs is 2. The Bertz CT molecular complexity index is 927. The van der Waals surface area contributed by atoms with Crippen LogP contribution < -0.4 is 14.2 Å². The Balaban J connectivity index is 1.65. The molecule has 4 rings (SSSR count). The fourth-order valence-electron chi connectivity index (χ4n) is 2.70. The number of hydrogen-bond donors (Lipinski definition) is 0. The Labute approximate surface area is 143 Å². The van der Waals surface area contributed by atoms with E-state index in [1.54, 1.807) is 18.2 Å². The first-order chi connectivity index (χ1) is 12.3. The minimum absolute atomic E-state index is 0.146. The number of carbonyl (C=O) groups is 1. The van der Waals surface area contributed by atoms with Crippen molar-refractivity contribution in [2.45, 2.75) is 13.5 Å². The minimum atomic E-state index is -0.579. The lowest BCUT2D eigenvalue weighted by atomic mass is 10.1. The molecule has 1 aromatic heterocycles. The van der Waals surface area contributed by atoms with Crippen LogP contribution in [0.1, 0.15) is 23.0 Å². The van der Waals surface area contributed by atoms with Gasteiger partial charge in [0.25, 0.3) is 0 Å². The number of hydrogen-bond acceptors (Lipinski definition) is 6. The molecule has 0 unspecified atom stereocenters. The van der Waals surface area contributed by atoms with Gasteiger partial charge >= 0.3 is 5.97 Å². The molecule has 6 heteroatoms. The zero-order valence-electron chi connectivity index (χ0n) is 13.6. The fraction of sp³-hybridized carbons (Fsp3) is 0.211. The van der Waals surface area contributed by atoms with Gasteiger partial charge in [0.1, 0.15) is 11.3 Å². The summed E-state index contributed by atoms with van der Waals surface area (Å²) in [5.74, 6) is 1.10. The van der Waals surface area contributed by atoms with Crippen molar-refractivity contribution in [3.05, 3.63) is 53.8 Å². The third-order valence-corrected chi connectivity index (χ3v) is 3.89. The van der Waals surface area contributed by atoms with E-state index in [0.717, 1.165) is 5.39 Å². The summed E-state index contributed by atoms with van der Waals surface area (Å²) in [7, 11) is 0. The molecule has 0 saturated carbocycles. The number of carbonyl (C=O) groups excluding carboxylic acids is 1. The lowest BCUT2D eigenvalue weighted by Gasteiger charge is -2.06. The highest BCUT2D eigenvalue weighted by molar-refractivity contribution is 5.97. The Hall–Kier alpha value is -2.99. The third-order valence-electron chi connectivity index (χ3n) is 3.89. The maximum absolute atomic E-state index is 12.6. The summed E-state index contributed by atoms with van der Waals surface area (Å²) < 4.78 is 27.2. The summed E-state index contributed by atoms with van der Waals surface area (Å²) in [6, 6.07) is 12.4. The molecule has 0 spiro atoms. The van der Waals surface area contributed by atoms with Gasteiger partial charge in [0, 0.05) is 23.6 Å². The maximum atomic E-state index is 12.6. The van der Waals surface area contributed by atoms with Gasteiger partial charge in [-0.3, -0.25) is 0 Å². The number of para-hydroxylation sites is 1. The lowest BCUT2D eigenvalue weighted by molar-refractivity contribution is 0.0693. The maximum Gasteiger partial charge on any atom is 0.380 e. The average Bonchev–Trinajstić information content (AvgIpc) is 3.23. The van der Waals surface area contributed by atoms with Crippen molar-refractivity contribution in [3.8, 4) is 17.2 Å². The van der Waals surface area contributed by atoms with E-state index in [9.17, 15) is 4.79 Å². The minimum Gasteiger partial charge on any atom is -0.454 e. The van der Waals surface area contributed by atoms with Crippen LogP contribution >= 0.6 is 0 Å². The molecular formula is C19H16O6. The van der Waals surface area contributed by atoms with Crippen LogP contribution in [0.25, 0.3) is 11.0 Å².